The number of thioether (sulfide) groups is 3. The number of ether oxygens (including phenoxy) is 5. The van der Waals surface area contributed by atoms with E-state index >= 15 is 0 Å². The molecule has 626 valence electrons. The summed E-state index contributed by atoms with van der Waals surface area (Å²) in [6, 6.07) is 44.7. The van der Waals surface area contributed by atoms with Crippen LogP contribution in [0.15, 0.2) is 193 Å². The van der Waals surface area contributed by atoms with E-state index in [1.54, 1.807) is 85.1 Å². The van der Waals surface area contributed by atoms with E-state index in [1.807, 2.05) is 104 Å². The van der Waals surface area contributed by atoms with E-state index in [9.17, 15) is 38.4 Å². The van der Waals surface area contributed by atoms with Gasteiger partial charge in [-0.3, -0.25) is 58.3 Å². The van der Waals surface area contributed by atoms with E-state index in [0.717, 1.165) is 101 Å². The van der Waals surface area contributed by atoms with Gasteiger partial charge in [-0.25, -0.2) is 9.89 Å². The summed E-state index contributed by atoms with van der Waals surface area (Å²) < 4.78 is 38.0. The van der Waals surface area contributed by atoms with Gasteiger partial charge in [0.15, 0.2) is 32.2 Å². The Hall–Kier alpha value is -10.0. The number of methoxy groups -OCH3 is 1. The van der Waals surface area contributed by atoms with Gasteiger partial charge in [-0.15, -0.1) is 0 Å². The molecule has 0 spiro atoms. The fourth-order valence-corrected chi connectivity index (χ4v) is 14.3. The molecule has 1 saturated heterocycles. The number of hydrogen-bond donors (Lipinski definition) is 0. The topological polar surface area (TPSA) is 281 Å². The van der Waals surface area contributed by atoms with Gasteiger partial charge >= 0.3 is 0 Å². The summed E-state index contributed by atoms with van der Waals surface area (Å²) >= 11 is 4.06. The number of amides is 3. The number of rotatable bonds is 28. The second kappa shape index (κ2) is 51.2. The summed E-state index contributed by atoms with van der Waals surface area (Å²) in [6.45, 7) is 37.1. The number of carbonyl (C=O) groups excluding carboxylic acids is 8. The maximum Gasteiger partial charge on any atom is 0.290 e. The van der Waals surface area contributed by atoms with E-state index in [2.05, 4.69) is 136 Å². The number of benzene rings is 4. The highest BCUT2D eigenvalue weighted by Crippen LogP contribution is 2.38. The number of ketones is 5. The van der Waals surface area contributed by atoms with Crippen molar-refractivity contribution in [3.8, 4) is 23.0 Å². The van der Waals surface area contributed by atoms with Gasteiger partial charge in [-0.1, -0.05) is 179 Å². The molecule has 1 fully saturated rings. The predicted molar refractivity (Wildman–Crippen MR) is 478 cm³/mol. The van der Waals surface area contributed by atoms with Crippen LogP contribution in [0.5, 0.6) is 23.0 Å². The second-order valence-electron chi connectivity index (χ2n) is 28.7. The Morgan fingerprint density at radius 1 is 0.427 bits per heavy atom. The lowest BCUT2D eigenvalue weighted by atomic mass is 10.1. The zero-order valence-corrected chi connectivity index (χ0v) is 74.4. The molecule has 0 saturated carbocycles. The normalized spacial score (nSPS) is 12.6. The molecule has 4 aromatic heterocycles. The first kappa shape index (κ1) is 99.3. The summed E-state index contributed by atoms with van der Waals surface area (Å²) in [7, 11) is -1.80. The highest BCUT2D eigenvalue weighted by Gasteiger charge is 2.41. The SMILES string of the molecule is C.C=C1CSC(O[Si](C)(C)C)=N1.CC(C)(C)[Si](C)(C)OC1=NC(=O)CS1.CCc1ccc(C(=O)COc2ccc(C(C)=O)cc2)nc1.CCc1ccc(OCC(=O)c2ccc(CC)cn2)cc1.CCc1ccc(OCC(=O)c2ccc(CC)cn2)cc1.CCc1ccc(OCC(=O)c2ccc(CC)cn2)cc1.COCN1C(=O)CSC1=O. The van der Waals surface area contributed by atoms with Gasteiger partial charge in [-0.05, 0) is 214 Å². The Kier molecular flexibility index (Phi) is 43.5. The van der Waals surface area contributed by atoms with Crippen LogP contribution in [0.2, 0.25) is 37.8 Å². The third-order valence-corrected chi connectivity index (χ3v) is 25.6. The van der Waals surface area contributed by atoms with Crippen LogP contribution in [0.4, 0.5) is 4.79 Å². The molecule has 22 nitrogen and oxygen atoms in total. The molecule has 3 aliphatic rings. The molecule has 4 aromatic carbocycles. The van der Waals surface area contributed by atoms with Gasteiger partial charge in [0, 0.05) is 48.9 Å². The Morgan fingerprint density at radius 2 is 0.735 bits per heavy atom. The molecule has 27 heteroatoms. The maximum absolute atomic E-state index is 12.0. The van der Waals surface area contributed by atoms with Crippen molar-refractivity contribution in [3.63, 3.8) is 0 Å². The molecule has 0 unspecified atom stereocenters. The van der Waals surface area contributed by atoms with Gasteiger partial charge in [0.2, 0.25) is 47.8 Å². The van der Waals surface area contributed by atoms with E-state index in [0.29, 0.717) is 62.3 Å². The minimum Gasteiger partial charge on any atom is -0.527 e. The third kappa shape index (κ3) is 36.6. The van der Waals surface area contributed by atoms with Gasteiger partial charge in [0.25, 0.3) is 19.5 Å². The van der Waals surface area contributed by atoms with E-state index in [4.69, 9.17) is 27.8 Å². The van der Waals surface area contributed by atoms with Crippen molar-refractivity contribution < 1.29 is 70.9 Å². The average Bonchev–Trinajstić information content (AvgIpc) is 1.82. The Morgan fingerprint density at radius 3 is 0.966 bits per heavy atom. The molecule has 0 atom stereocenters. The highest BCUT2D eigenvalue weighted by atomic mass is 32.2. The zero-order valence-electron chi connectivity index (χ0n) is 70.0. The van der Waals surface area contributed by atoms with Crippen LogP contribution in [0.1, 0.15) is 175 Å². The standard InChI is InChI=1S/C17H17NO3.3C17H19NO2.C9H17NO2SSi.C7H13NOSSi.C5H7NO3S.CH4/c1-3-13-4-9-16(18-10-13)17(20)11-21-15-7-5-14(6-8-15)12(2)19;3*1-3-13-5-8-15(9-6-13)20-12-17(19)16-10-7-14(4-2)11-18-16;1-9(2,3)14(4,5)12-8-10-7(11)6-13-8;1-6-5-10-7(8-6)9-11(2,3)4;1-9-3-6-4(7)2-10-5(6)8;/h4-10H,3,11H2,1-2H3;3*5-11H,3-4,12H2,1-2H3;6H2,1-5H3;1,5H2,2-4H3;2-3H2,1H3;1H4. The van der Waals surface area contributed by atoms with Crippen LogP contribution in [0, 0.1) is 0 Å². The first-order chi connectivity index (χ1) is 55.2. The van der Waals surface area contributed by atoms with E-state index < -0.39 is 16.6 Å². The van der Waals surface area contributed by atoms with Crippen LogP contribution >= 0.6 is 35.3 Å². The number of carbonyl (C=O) groups is 8. The summed E-state index contributed by atoms with van der Waals surface area (Å²) in [6.07, 6.45) is 13.5. The quantitative estimate of drug-likeness (QED) is 0.0325. The molecule has 11 rings (SSSR count). The van der Waals surface area contributed by atoms with Crippen molar-refractivity contribution in [3.05, 3.63) is 250 Å². The molecule has 0 N–H and O–H groups in total. The molecular formula is C90H115N7O15S3Si2. The lowest BCUT2D eigenvalue weighted by Crippen LogP contribution is -2.41. The Bertz CT molecular complexity index is 4270. The first-order valence-corrected chi connectivity index (χ1v) is 47.8. The summed E-state index contributed by atoms with van der Waals surface area (Å²) in [5.41, 5.74) is 11.5. The van der Waals surface area contributed by atoms with Gasteiger partial charge in [0.1, 0.15) is 52.5 Å². The fraction of sp³-hybridized carbons (Fsp3) is 0.378. The minimum absolute atomic E-state index is 0. The van der Waals surface area contributed by atoms with E-state index in [-0.39, 0.29) is 97.3 Å². The number of imide groups is 1. The van der Waals surface area contributed by atoms with Crippen LogP contribution in [-0.4, -0.2) is 155 Å². The summed E-state index contributed by atoms with van der Waals surface area (Å²) in [4.78, 5) is 117. The number of aryl methyl sites for hydroxylation is 7. The van der Waals surface area contributed by atoms with Crippen LogP contribution in [0.25, 0.3) is 0 Å². The molecule has 7 heterocycles. The van der Waals surface area contributed by atoms with Gasteiger partial charge in [-0.2, -0.15) is 4.99 Å². The molecule has 3 amide bonds. The predicted octanol–water partition coefficient (Wildman–Crippen LogP) is 19.5. The smallest absolute Gasteiger partial charge is 0.290 e. The monoisotopic (exact) mass is 1690 g/mol. The lowest BCUT2D eigenvalue weighted by molar-refractivity contribution is -0.127. The number of hydrogen-bond acceptors (Lipinski definition) is 23. The molecule has 117 heavy (non-hydrogen) atoms. The second-order valence-corrected chi connectivity index (χ2v) is 40.6. The molecule has 3 aliphatic heterocycles. The Balaban J connectivity index is 0.000000291. The molecule has 0 bridgehead atoms. The number of aromatic nitrogens is 4. The third-order valence-electron chi connectivity index (χ3n) is 17.6. The molecular weight excluding hydrogens is 1570 g/mol. The first-order valence-electron chi connectivity index (χ1n) is 38.5. The molecule has 0 aliphatic carbocycles. The van der Waals surface area contributed by atoms with Crippen LogP contribution in [-0.2, 0) is 68.1 Å². The summed E-state index contributed by atoms with van der Waals surface area (Å²) in [5.74, 6) is 3.52. The largest absolute Gasteiger partial charge is 0.527 e. The Labute approximate surface area is 706 Å². The number of nitrogens with zero attached hydrogens (tertiary/aromatic N) is 7. The van der Waals surface area contributed by atoms with Crippen molar-refractivity contribution in [2.24, 2.45) is 9.98 Å². The van der Waals surface area contributed by atoms with Crippen molar-refractivity contribution >= 4 is 108 Å². The maximum atomic E-state index is 12.0. The van der Waals surface area contributed by atoms with Gasteiger partial charge in [0.05, 0.1) is 11.5 Å². The lowest BCUT2D eigenvalue weighted by Gasteiger charge is -2.35. The zero-order chi connectivity index (χ0) is 85.4. The van der Waals surface area contributed by atoms with Crippen LogP contribution < -0.4 is 18.9 Å². The molecule has 8 aromatic rings. The number of pyridine rings is 4. The highest BCUT2D eigenvalue weighted by molar-refractivity contribution is 8.15. The van der Waals surface area contributed by atoms with Crippen molar-refractivity contribution in [1.82, 2.24) is 24.8 Å². The average molecular weight is 1690 g/mol. The fourth-order valence-electron chi connectivity index (χ4n) is 9.34. The van der Waals surface area contributed by atoms with Crippen molar-refractivity contribution in [1.29, 1.82) is 0 Å². The number of Topliss-reactive ketones (excluding diaryl/α,β-unsaturated/α-hetero) is 5. The summed E-state index contributed by atoms with van der Waals surface area (Å²) in [5, 5.41) is 1.32. The minimum atomic E-state index is -1.80. The van der Waals surface area contributed by atoms with E-state index in [1.165, 1.54) is 42.5 Å². The van der Waals surface area contributed by atoms with Gasteiger partial charge < -0.3 is 32.5 Å². The number of aliphatic imine (C=N–C) groups is 2. The van der Waals surface area contributed by atoms with Crippen LogP contribution in [0.3, 0.4) is 0 Å². The van der Waals surface area contributed by atoms with Crippen molar-refractivity contribution in [2.45, 2.75) is 166 Å². The molecule has 0 radical (unpaired) electrons. The van der Waals surface area contributed by atoms with Crippen molar-refractivity contribution in [2.75, 3.05) is 57.5 Å².